The van der Waals surface area contributed by atoms with Crippen LogP contribution in [0.4, 0.5) is 0 Å². The maximum Gasteiger partial charge on any atom is 0.192 e. The Morgan fingerprint density at radius 3 is 2.59 bits per heavy atom. The molecule has 0 amide bonds. The van der Waals surface area contributed by atoms with Crippen LogP contribution in [0.1, 0.15) is 25.2 Å². The molecule has 17 heavy (non-hydrogen) atoms. The van der Waals surface area contributed by atoms with Crippen molar-refractivity contribution < 1.29 is 4.42 Å². The van der Waals surface area contributed by atoms with Gasteiger partial charge in [-0.05, 0) is 38.1 Å². The lowest BCUT2D eigenvalue weighted by Crippen LogP contribution is -2.21. The lowest BCUT2D eigenvalue weighted by Gasteiger charge is -2.08. The third kappa shape index (κ3) is 3.72. The van der Waals surface area contributed by atoms with E-state index in [2.05, 4.69) is 10.3 Å². The summed E-state index contributed by atoms with van der Waals surface area (Å²) < 4.78 is 5.25. The van der Waals surface area contributed by atoms with Crippen LogP contribution in [0.25, 0.3) is 11.1 Å². The summed E-state index contributed by atoms with van der Waals surface area (Å²) in [6.45, 7) is 4.31. The third-order valence-corrected chi connectivity index (χ3v) is 2.90. The van der Waals surface area contributed by atoms with Crippen molar-refractivity contribution in [3.8, 4) is 0 Å². The second-order valence-electron chi connectivity index (χ2n) is 4.16. The average molecular weight is 253 g/mol. The van der Waals surface area contributed by atoms with Gasteiger partial charge in [-0.1, -0.05) is 18.0 Å². The molecule has 2 heterocycles. The first kappa shape index (κ1) is 12.4. The monoisotopic (exact) mass is 252 g/mol. The molecule has 3 rings (SSSR count). The van der Waals surface area contributed by atoms with Gasteiger partial charge in [0.25, 0.3) is 0 Å². The van der Waals surface area contributed by atoms with E-state index in [1.807, 2.05) is 13.0 Å². The number of nitrogens with zero attached hydrogens (tertiary/aromatic N) is 1. The summed E-state index contributed by atoms with van der Waals surface area (Å²) in [5.41, 5.74) is 1.60. The summed E-state index contributed by atoms with van der Waals surface area (Å²) >= 11 is 5.74. The fourth-order valence-corrected chi connectivity index (χ4v) is 1.98. The quantitative estimate of drug-likeness (QED) is 0.779. The maximum absolute atomic E-state index is 5.74. The van der Waals surface area contributed by atoms with Crippen molar-refractivity contribution in [3.05, 3.63) is 29.1 Å². The second-order valence-corrected chi connectivity index (χ2v) is 4.59. The fraction of sp³-hybridized carbons (Fsp3) is 0.462. The normalized spacial score (nSPS) is 15.4. The summed E-state index contributed by atoms with van der Waals surface area (Å²) in [5.74, 6) is 0.669. The number of rotatable bonds is 0. The highest BCUT2D eigenvalue weighted by atomic mass is 35.5. The molecule has 0 atom stereocenters. The molecular weight excluding hydrogens is 236 g/mol. The number of benzene rings is 1. The summed E-state index contributed by atoms with van der Waals surface area (Å²) in [7, 11) is 0. The van der Waals surface area contributed by atoms with E-state index in [1.54, 1.807) is 12.1 Å². The van der Waals surface area contributed by atoms with Gasteiger partial charge in [-0.15, -0.1) is 0 Å². The molecule has 0 saturated carbocycles. The zero-order chi connectivity index (χ0) is 12.1. The number of hydrogen-bond donors (Lipinski definition) is 1. The Morgan fingerprint density at radius 2 is 2.00 bits per heavy atom. The highest BCUT2D eigenvalue weighted by Gasteiger charge is 2.00. The molecule has 1 N–H and O–H groups in total. The minimum absolute atomic E-state index is 0.669. The number of halogens is 1. The van der Waals surface area contributed by atoms with Crippen LogP contribution in [-0.4, -0.2) is 18.1 Å². The van der Waals surface area contributed by atoms with Crippen molar-refractivity contribution >= 4 is 22.7 Å². The van der Waals surface area contributed by atoms with Gasteiger partial charge < -0.3 is 9.73 Å². The molecular formula is C13H17ClN2O. The molecule has 1 aromatic heterocycles. The van der Waals surface area contributed by atoms with Gasteiger partial charge in [0, 0.05) is 18.0 Å². The standard InChI is InChI=1S/C8H6ClNO.C5H11N/c1-5-10-7-3-2-6(9)4-8(7)11-5;1-2-4-6-5-3-1/h2-4H,1H3;6H,1-5H2. The van der Waals surface area contributed by atoms with Crippen molar-refractivity contribution in [1.82, 2.24) is 10.3 Å². The van der Waals surface area contributed by atoms with E-state index in [-0.39, 0.29) is 0 Å². The smallest absolute Gasteiger partial charge is 0.192 e. The van der Waals surface area contributed by atoms with Gasteiger partial charge >= 0.3 is 0 Å². The molecule has 0 aliphatic carbocycles. The van der Waals surface area contributed by atoms with Crippen LogP contribution in [-0.2, 0) is 0 Å². The van der Waals surface area contributed by atoms with Gasteiger partial charge in [-0.3, -0.25) is 0 Å². The molecule has 3 nitrogen and oxygen atoms in total. The molecule has 0 spiro atoms. The minimum atomic E-state index is 0.669. The minimum Gasteiger partial charge on any atom is -0.441 e. The SMILES string of the molecule is C1CCNCC1.Cc1nc2ccc(Cl)cc2o1. The molecule has 1 aromatic carbocycles. The van der Waals surface area contributed by atoms with E-state index in [4.69, 9.17) is 16.0 Å². The van der Waals surface area contributed by atoms with E-state index in [1.165, 1.54) is 32.4 Å². The molecule has 2 aromatic rings. The van der Waals surface area contributed by atoms with E-state index >= 15 is 0 Å². The van der Waals surface area contributed by atoms with Crippen molar-refractivity contribution in [2.24, 2.45) is 0 Å². The molecule has 1 aliphatic heterocycles. The average Bonchev–Trinajstić information content (AvgIpc) is 2.71. The van der Waals surface area contributed by atoms with Crippen LogP contribution in [0.5, 0.6) is 0 Å². The van der Waals surface area contributed by atoms with Crippen LogP contribution in [0.15, 0.2) is 22.6 Å². The first-order valence-electron chi connectivity index (χ1n) is 5.99. The summed E-state index contributed by atoms with van der Waals surface area (Å²) in [6.07, 6.45) is 4.22. The Hall–Kier alpha value is -1.06. The highest BCUT2D eigenvalue weighted by molar-refractivity contribution is 6.31. The number of piperidine rings is 1. The first-order valence-corrected chi connectivity index (χ1v) is 6.37. The Labute approximate surface area is 106 Å². The Balaban J connectivity index is 0.000000153. The molecule has 1 aliphatic rings. The van der Waals surface area contributed by atoms with Crippen molar-refractivity contribution in [2.45, 2.75) is 26.2 Å². The molecule has 0 unspecified atom stereocenters. The van der Waals surface area contributed by atoms with Crippen LogP contribution in [0.2, 0.25) is 5.02 Å². The predicted molar refractivity (Wildman–Crippen MR) is 70.5 cm³/mol. The van der Waals surface area contributed by atoms with E-state index in [0.29, 0.717) is 10.9 Å². The molecule has 92 valence electrons. The lowest BCUT2D eigenvalue weighted by atomic mass is 10.2. The van der Waals surface area contributed by atoms with Gasteiger partial charge in [0.2, 0.25) is 0 Å². The second kappa shape index (κ2) is 6.03. The molecule has 0 radical (unpaired) electrons. The number of aryl methyl sites for hydroxylation is 1. The third-order valence-electron chi connectivity index (χ3n) is 2.66. The van der Waals surface area contributed by atoms with E-state index < -0.39 is 0 Å². The summed E-state index contributed by atoms with van der Waals surface area (Å²) in [6, 6.07) is 5.40. The van der Waals surface area contributed by atoms with Crippen LogP contribution in [0, 0.1) is 6.92 Å². The Bertz CT molecular complexity index is 466. The number of nitrogens with one attached hydrogen (secondary N) is 1. The van der Waals surface area contributed by atoms with Gasteiger partial charge in [0.15, 0.2) is 11.5 Å². The van der Waals surface area contributed by atoms with E-state index in [9.17, 15) is 0 Å². The number of hydrogen-bond acceptors (Lipinski definition) is 3. The lowest BCUT2D eigenvalue weighted by molar-refractivity contribution is 0.520. The fourth-order valence-electron chi connectivity index (χ4n) is 1.82. The Kier molecular flexibility index (Phi) is 4.40. The first-order chi connectivity index (χ1) is 8.25. The zero-order valence-electron chi connectivity index (χ0n) is 10.0. The van der Waals surface area contributed by atoms with Crippen LogP contribution < -0.4 is 5.32 Å². The van der Waals surface area contributed by atoms with Crippen LogP contribution in [0.3, 0.4) is 0 Å². The van der Waals surface area contributed by atoms with Gasteiger partial charge in [-0.25, -0.2) is 4.98 Å². The number of aromatic nitrogens is 1. The molecule has 1 saturated heterocycles. The van der Waals surface area contributed by atoms with Crippen LogP contribution >= 0.6 is 11.6 Å². The van der Waals surface area contributed by atoms with Gasteiger partial charge in [-0.2, -0.15) is 0 Å². The number of fused-ring (bicyclic) bond motifs is 1. The predicted octanol–water partition coefficient (Wildman–Crippen LogP) is 3.55. The number of oxazole rings is 1. The van der Waals surface area contributed by atoms with Crippen molar-refractivity contribution in [3.63, 3.8) is 0 Å². The van der Waals surface area contributed by atoms with E-state index in [0.717, 1.165) is 11.1 Å². The summed E-state index contributed by atoms with van der Waals surface area (Å²) in [5, 5.41) is 3.96. The Morgan fingerprint density at radius 1 is 1.24 bits per heavy atom. The largest absolute Gasteiger partial charge is 0.441 e. The summed E-state index contributed by atoms with van der Waals surface area (Å²) in [4.78, 5) is 4.13. The molecule has 0 bridgehead atoms. The maximum atomic E-state index is 5.74. The van der Waals surface area contributed by atoms with Crippen molar-refractivity contribution in [2.75, 3.05) is 13.1 Å². The topological polar surface area (TPSA) is 38.1 Å². The van der Waals surface area contributed by atoms with Gasteiger partial charge in [0.1, 0.15) is 5.52 Å². The molecule has 4 heteroatoms. The van der Waals surface area contributed by atoms with Crippen molar-refractivity contribution in [1.29, 1.82) is 0 Å². The highest BCUT2D eigenvalue weighted by Crippen LogP contribution is 2.19. The molecule has 1 fully saturated rings. The van der Waals surface area contributed by atoms with Gasteiger partial charge in [0.05, 0.1) is 0 Å². The zero-order valence-corrected chi connectivity index (χ0v) is 10.8.